The van der Waals surface area contributed by atoms with Crippen molar-refractivity contribution in [2.45, 2.75) is 32.9 Å². The van der Waals surface area contributed by atoms with Crippen LogP contribution in [0.3, 0.4) is 0 Å². The molecule has 0 spiro atoms. The fourth-order valence-electron chi connectivity index (χ4n) is 2.61. The van der Waals surface area contributed by atoms with Gasteiger partial charge < -0.3 is 4.90 Å². The zero-order valence-electron chi connectivity index (χ0n) is 11.4. The average Bonchev–Trinajstić information content (AvgIpc) is 2.63. The third-order valence-corrected chi connectivity index (χ3v) is 3.88. The molecular formula is C14H17Cl2N3O. The van der Waals surface area contributed by atoms with Gasteiger partial charge >= 0.3 is 0 Å². The molecule has 0 aliphatic carbocycles. The van der Waals surface area contributed by atoms with Crippen molar-refractivity contribution >= 4 is 41.6 Å². The van der Waals surface area contributed by atoms with E-state index in [4.69, 9.17) is 11.6 Å². The largest absolute Gasteiger partial charge is 0.326 e. The fraction of sp³-hybridized carbons (Fsp3) is 0.429. The van der Waals surface area contributed by atoms with E-state index in [1.54, 1.807) is 0 Å². The average molecular weight is 314 g/mol. The zero-order chi connectivity index (χ0) is 13.6. The number of hydrogen-bond acceptors (Lipinski definition) is 3. The van der Waals surface area contributed by atoms with E-state index < -0.39 is 0 Å². The molecule has 2 aliphatic heterocycles. The van der Waals surface area contributed by atoms with Gasteiger partial charge in [-0.1, -0.05) is 31.5 Å². The molecule has 1 aromatic rings. The third-order valence-electron chi connectivity index (χ3n) is 3.53. The molecule has 4 nitrogen and oxygen atoms in total. The molecule has 1 N–H and O–H groups in total. The number of rotatable bonds is 2. The molecule has 6 heteroatoms. The van der Waals surface area contributed by atoms with Crippen LogP contribution >= 0.6 is 24.0 Å². The van der Waals surface area contributed by atoms with E-state index in [1.165, 1.54) is 0 Å². The molecular weight excluding hydrogens is 297 g/mol. The van der Waals surface area contributed by atoms with Gasteiger partial charge in [0.05, 0.1) is 12.2 Å². The maximum absolute atomic E-state index is 12.0. The molecule has 0 bridgehead atoms. The van der Waals surface area contributed by atoms with Gasteiger partial charge in [0.1, 0.15) is 6.04 Å². The van der Waals surface area contributed by atoms with Crippen molar-refractivity contribution in [2.24, 2.45) is 10.9 Å². The second-order valence-electron chi connectivity index (χ2n) is 5.44. The van der Waals surface area contributed by atoms with Gasteiger partial charge in [0.25, 0.3) is 0 Å². The molecule has 1 aromatic carbocycles. The lowest BCUT2D eigenvalue weighted by Gasteiger charge is -2.29. The smallest absolute Gasteiger partial charge is 0.249 e. The monoisotopic (exact) mass is 313 g/mol. The second kappa shape index (κ2) is 5.62. The van der Waals surface area contributed by atoms with Crippen molar-refractivity contribution in [1.29, 1.82) is 0 Å². The molecule has 1 fully saturated rings. The molecule has 108 valence electrons. The normalized spacial score (nSPS) is 20.0. The quantitative estimate of drug-likeness (QED) is 0.911. The summed E-state index contributed by atoms with van der Waals surface area (Å²) in [7, 11) is 0. The van der Waals surface area contributed by atoms with E-state index in [0.29, 0.717) is 23.4 Å². The molecule has 2 heterocycles. The van der Waals surface area contributed by atoms with Gasteiger partial charge in [-0.05, 0) is 24.5 Å². The van der Waals surface area contributed by atoms with Crippen LogP contribution in [0, 0.1) is 5.92 Å². The van der Waals surface area contributed by atoms with Gasteiger partial charge in [-0.15, -0.1) is 12.4 Å². The van der Waals surface area contributed by atoms with Gasteiger partial charge in [-0.2, -0.15) is 0 Å². The Balaban J connectivity index is 0.00000147. The topological polar surface area (TPSA) is 44.7 Å². The Kier molecular flexibility index (Phi) is 4.25. The van der Waals surface area contributed by atoms with Gasteiger partial charge in [0.15, 0.2) is 0 Å². The van der Waals surface area contributed by atoms with Crippen LogP contribution in [0.2, 0.25) is 5.02 Å². The van der Waals surface area contributed by atoms with E-state index in [1.807, 2.05) is 23.1 Å². The number of hydrogen-bond donors (Lipinski definition) is 1. The van der Waals surface area contributed by atoms with Crippen molar-refractivity contribution in [3.63, 3.8) is 0 Å². The molecule has 3 rings (SSSR count). The number of nitrogens with zero attached hydrogens (tertiary/aromatic N) is 2. The Bertz CT molecular complexity index is 572. The van der Waals surface area contributed by atoms with Crippen molar-refractivity contribution < 1.29 is 4.79 Å². The number of fused-ring (bicyclic) bond motifs is 2. The summed E-state index contributed by atoms with van der Waals surface area (Å²) in [6.07, 6.45) is 0.824. The van der Waals surface area contributed by atoms with Gasteiger partial charge in [-0.25, -0.2) is 4.99 Å². The van der Waals surface area contributed by atoms with Crippen LogP contribution in [-0.2, 0) is 11.3 Å². The molecule has 1 amide bonds. The number of guanidine groups is 1. The molecule has 1 saturated heterocycles. The van der Waals surface area contributed by atoms with E-state index in [9.17, 15) is 4.79 Å². The molecule has 1 atom stereocenters. The summed E-state index contributed by atoms with van der Waals surface area (Å²) < 4.78 is 0. The number of benzene rings is 1. The fourth-order valence-corrected chi connectivity index (χ4v) is 2.83. The third kappa shape index (κ3) is 2.50. The lowest BCUT2D eigenvalue weighted by atomic mass is 10.0. The van der Waals surface area contributed by atoms with Crippen molar-refractivity contribution in [3.8, 4) is 0 Å². The van der Waals surface area contributed by atoms with Crippen molar-refractivity contribution in [3.05, 3.63) is 28.8 Å². The van der Waals surface area contributed by atoms with Crippen LogP contribution in [-0.4, -0.2) is 22.8 Å². The van der Waals surface area contributed by atoms with Crippen LogP contribution in [0.5, 0.6) is 0 Å². The Hall–Kier alpha value is -1.26. The molecule has 20 heavy (non-hydrogen) atoms. The number of halogens is 2. The van der Waals surface area contributed by atoms with Crippen LogP contribution in [0.25, 0.3) is 0 Å². The predicted molar refractivity (Wildman–Crippen MR) is 82.7 cm³/mol. The summed E-state index contributed by atoms with van der Waals surface area (Å²) in [6.45, 7) is 4.88. The molecule has 0 aromatic heterocycles. The molecule has 0 saturated carbocycles. The molecule has 0 unspecified atom stereocenters. The Morgan fingerprint density at radius 3 is 2.95 bits per heavy atom. The van der Waals surface area contributed by atoms with Crippen LogP contribution in [0.15, 0.2) is 23.2 Å². The second-order valence-corrected chi connectivity index (χ2v) is 5.84. The first-order valence-electron chi connectivity index (χ1n) is 6.50. The summed E-state index contributed by atoms with van der Waals surface area (Å²) >= 11 is 6.22. The van der Waals surface area contributed by atoms with Gasteiger partial charge in [0, 0.05) is 10.6 Å². The summed E-state index contributed by atoms with van der Waals surface area (Å²) in [5.74, 6) is 1.16. The maximum atomic E-state index is 12.0. The number of amides is 1. The van der Waals surface area contributed by atoms with Crippen molar-refractivity contribution in [2.75, 3.05) is 0 Å². The van der Waals surface area contributed by atoms with Gasteiger partial charge in [0.2, 0.25) is 11.9 Å². The number of nitrogens with one attached hydrogen (secondary N) is 1. The Morgan fingerprint density at radius 1 is 1.50 bits per heavy atom. The summed E-state index contributed by atoms with van der Waals surface area (Å²) in [5, 5.41) is 3.58. The van der Waals surface area contributed by atoms with Crippen LogP contribution < -0.4 is 5.32 Å². The van der Waals surface area contributed by atoms with E-state index in [-0.39, 0.29) is 24.4 Å². The minimum atomic E-state index is -0.136. The van der Waals surface area contributed by atoms with Crippen molar-refractivity contribution in [1.82, 2.24) is 10.2 Å². The maximum Gasteiger partial charge on any atom is 0.249 e. The minimum absolute atomic E-state index is 0. The Labute approximate surface area is 129 Å². The SMILES string of the molecule is CC(C)C[C@@H]1C(=O)NC2=Nc3cccc(Cl)c3CN21.Cl. The first-order valence-corrected chi connectivity index (χ1v) is 6.87. The number of carbonyl (C=O) groups excluding carboxylic acids is 1. The van der Waals surface area contributed by atoms with Gasteiger partial charge in [-0.3, -0.25) is 10.1 Å². The number of carbonyl (C=O) groups is 1. The molecule has 2 aliphatic rings. The minimum Gasteiger partial charge on any atom is -0.326 e. The first kappa shape index (κ1) is 15.1. The standard InChI is InChI=1S/C14H16ClN3O.ClH/c1-8(2)6-12-13(19)17-14-16-11-5-3-4-10(15)9(11)7-18(12)14;/h3-5,8,12H,6-7H2,1-2H3,(H,16,17,19);1H/t12-;/m1./s1. The van der Waals surface area contributed by atoms with Crippen LogP contribution in [0.1, 0.15) is 25.8 Å². The first-order chi connectivity index (χ1) is 9.06. The van der Waals surface area contributed by atoms with E-state index >= 15 is 0 Å². The predicted octanol–water partition coefficient (Wildman–Crippen LogP) is 3.11. The highest BCUT2D eigenvalue weighted by Gasteiger charge is 2.39. The highest BCUT2D eigenvalue weighted by atomic mass is 35.5. The lowest BCUT2D eigenvalue weighted by molar-refractivity contribution is -0.121. The zero-order valence-corrected chi connectivity index (χ0v) is 13.0. The summed E-state index contributed by atoms with van der Waals surface area (Å²) in [6, 6.07) is 5.53. The molecule has 0 radical (unpaired) electrons. The Morgan fingerprint density at radius 2 is 2.25 bits per heavy atom. The van der Waals surface area contributed by atoms with E-state index in [0.717, 1.165) is 17.7 Å². The number of aliphatic imine (C=N–C) groups is 1. The summed E-state index contributed by atoms with van der Waals surface area (Å²) in [5.41, 5.74) is 1.85. The van der Waals surface area contributed by atoms with E-state index in [2.05, 4.69) is 24.2 Å². The lowest BCUT2D eigenvalue weighted by Crippen LogP contribution is -2.37. The summed E-state index contributed by atoms with van der Waals surface area (Å²) in [4.78, 5) is 18.6. The highest BCUT2D eigenvalue weighted by molar-refractivity contribution is 6.31. The highest BCUT2D eigenvalue weighted by Crippen LogP contribution is 2.34. The van der Waals surface area contributed by atoms with Crippen LogP contribution in [0.4, 0.5) is 5.69 Å².